The lowest BCUT2D eigenvalue weighted by Gasteiger charge is -2.25. The summed E-state index contributed by atoms with van der Waals surface area (Å²) in [5.74, 6) is -2.54. The Balaban J connectivity index is 2.37. The van der Waals surface area contributed by atoms with E-state index in [1.54, 1.807) is 0 Å². The highest BCUT2D eigenvalue weighted by molar-refractivity contribution is 9.09. The summed E-state index contributed by atoms with van der Waals surface area (Å²) in [6, 6.07) is 1.42. The summed E-state index contributed by atoms with van der Waals surface area (Å²) in [4.78, 5) is -0.539. The number of hydrogen-bond donors (Lipinski definition) is 0. The average Bonchev–Trinajstić information content (AvgIpc) is 2.51. The molecular formula is C14H16BrF3O. The van der Waals surface area contributed by atoms with E-state index in [1.807, 2.05) is 20.8 Å². The Morgan fingerprint density at radius 3 is 2.00 bits per heavy atom. The largest absolute Gasteiger partial charge is 0.375 e. The summed E-state index contributed by atoms with van der Waals surface area (Å²) >= 11 is 3.36. The van der Waals surface area contributed by atoms with E-state index in [1.165, 1.54) is 0 Å². The van der Waals surface area contributed by atoms with Crippen molar-refractivity contribution >= 4 is 15.9 Å². The predicted molar refractivity (Wildman–Crippen MR) is 70.6 cm³/mol. The van der Waals surface area contributed by atoms with Gasteiger partial charge < -0.3 is 4.74 Å². The van der Waals surface area contributed by atoms with Crippen LogP contribution in [0.4, 0.5) is 13.2 Å². The molecule has 0 aromatic heterocycles. The van der Waals surface area contributed by atoms with Crippen molar-refractivity contribution < 1.29 is 17.9 Å². The molecule has 1 aliphatic heterocycles. The van der Waals surface area contributed by atoms with Gasteiger partial charge in [0.2, 0.25) is 0 Å². The van der Waals surface area contributed by atoms with Gasteiger partial charge in [-0.2, -0.15) is 0 Å². The first-order valence-electron chi connectivity index (χ1n) is 6.27. The van der Waals surface area contributed by atoms with Crippen LogP contribution in [0.2, 0.25) is 0 Å². The molecule has 1 nitrogen and oxygen atoms in total. The minimum absolute atomic E-state index is 0.0339. The SMILES string of the molecule is CC1OC(C)C(C(Br)c2c(F)cc(F)cc2F)C1C. The average molecular weight is 337 g/mol. The molecule has 0 spiro atoms. The molecule has 19 heavy (non-hydrogen) atoms. The van der Waals surface area contributed by atoms with Gasteiger partial charge in [-0.25, -0.2) is 13.2 Å². The Morgan fingerprint density at radius 2 is 1.58 bits per heavy atom. The lowest BCUT2D eigenvalue weighted by atomic mass is 9.84. The van der Waals surface area contributed by atoms with Crippen LogP contribution in [0.3, 0.4) is 0 Å². The molecule has 5 atom stereocenters. The highest BCUT2D eigenvalue weighted by Crippen LogP contribution is 2.46. The third-order valence-electron chi connectivity index (χ3n) is 3.98. The zero-order valence-electron chi connectivity index (χ0n) is 11.0. The third kappa shape index (κ3) is 2.68. The molecule has 1 aliphatic rings. The fourth-order valence-corrected chi connectivity index (χ4v) is 4.16. The van der Waals surface area contributed by atoms with Crippen molar-refractivity contribution in [1.82, 2.24) is 0 Å². The topological polar surface area (TPSA) is 9.23 Å². The molecule has 0 radical (unpaired) electrons. The first-order chi connectivity index (χ1) is 8.82. The smallest absolute Gasteiger partial charge is 0.133 e. The highest BCUT2D eigenvalue weighted by atomic mass is 79.9. The van der Waals surface area contributed by atoms with Crippen molar-refractivity contribution in [3.63, 3.8) is 0 Å². The summed E-state index contributed by atoms with van der Waals surface area (Å²) in [6.45, 7) is 5.82. The van der Waals surface area contributed by atoms with Crippen LogP contribution in [0.5, 0.6) is 0 Å². The molecule has 0 bridgehead atoms. The lowest BCUT2D eigenvalue weighted by Crippen LogP contribution is -2.23. The second-order valence-corrected chi connectivity index (χ2v) is 6.15. The van der Waals surface area contributed by atoms with Crippen LogP contribution in [-0.4, -0.2) is 12.2 Å². The molecule has 1 aromatic carbocycles. The molecule has 1 aromatic rings. The standard InChI is InChI=1S/C14H16BrF3O/c1-6-7(2)19-8(3)12(6)14(15)13-10(17)4-9(16)5-11(13)18/h4-8,12,14H,1-3H3. The van der Waals surface area contributed by atoms with Gasteiger partial charge in [0.05, 0.1) is 17.0 Å². The van der Waals surface area contributed by atoms with Crippen LogP contribution in [0.15, 0.2) is 12.1 Å². The second kappa shape index (κ2) is 5.44. The highest BCUT2D eigenvalue weighted by Gasteiger charge is 2.42. The number of alkyl halides is 1. The predicted octanol–water partition coefficient (Wildman–Crippen LogP) is 4.60. The number of hydrogen-bond acceptors (Lipinski definition) is 1. The molecule has 0 amide bonds. The van der Waals surface area contributed by atoms with E-state index in [4.69, 9.17) is 4.74 Å². The number of rotatable bonds is 2. The zero-order valence-corrected chi connectivity index (χ0v) is 12.5. The number of benzene rings is 1. The van der Waals surface area contributed by atoms with Gasteiger partial charge in [-0.1, -0.05) is 22.9 Å². The van der Waals surface area contributed by atoms with E-state index in [0.29, 0.717) is 12.1 Å². The first-order valence-corrected chi connectivity index (χ1v) is 7.18. The molecule has 0 saturated carbocycles. The maximum atomic E-state index is 13.8. The molecular weight excluding hydrogens is 321 g/mol. The van der Waals surface area contributed by atoms with Gasteiger partial charge in [0.1, 0.15) is 17.5 Å². The van der Waals surface area contributed by atoms with Gasteiger partial charge in [-0.15, -0.1) is 0 Å². The van der Waals surface area contributed by atoms with Crippen LogP contribution < -0.4 is 0 Å². The van der Waals surface area contributed by atoms with E-state index >= 15 is 0 Å². The minimum Gasteiger partial charge on any atom is -0.375 e. The molecule has 0 N–H and O–H groups in total. The normalized spacial score (nSPS) is 32.6. The van der Waals surface area contributed by atoms with Gasteiger partial charge in [0, 0.05) is 23.6 Å². The summed E-state index contributed by atoms with van der Waals surface area (Å²) < 4.78 is 46.3. The molecule has 0 aliphatic carbocycles. The number of halogens is 4. The molecule has 2 rings (SSSR count). The summed E-state index contributed by atoms with van der Waals surface area (Å²) in [5, 5.41) is 0. The van der Waals surface area contributed by atoms with Gasteiger partial charge in [-0.05, 0) is 19.8 Å². The maximum Gasteiger partial charge on any atom is 0.133 e. The van der Waals surface area contributed by atoms with Crippen molar-refractivity contribution in [3.05, 3.63) is 35.1 Å². The maximum absolute atomic E-state index is 13.8. The third-order valence-corrected chi connectivity index (χ3v) is 5.04. The van der Waals surface area contributed by atoms with Gasteiger partial charge in [0.25, 0.3) is 0 Å². The van der Waals surface area contributed by atoms with Crippen molar-refractivity contribution in [2.45, 2.75) is 37.8 Å². The van der Waals surface area contributed by atoms with E-state index in [9.17, 15) is 13.2 Å². The van der Waals surface area contributed by atoms with Gasteiger partial charge >= 0.3 is 0 Å². The van der Waals surface area contributed by atoms with Crippen LogP contribution in [0, 0.1) is 29.3 Å². The molecule has 1 heterocycles. The quantitative estimate of drug-likeness (QED) is 0.717. The van der Waals surface area contributed by atoms with Crippen molar-refractivity contribution in [2.75, 3.05) is 0 Å². The molecule has 5 heteroatoms. The monoisotopic (exact) mass is 336 g/mol. The minimum atomic E-state index is -0.907. The fourth-order valence-electron chi connectivity index (χ4n) is 2.81. The Morgan fingerprint density at radius 1 is 1.05 bits per heavy atom. The van der Waals surface area contributed by atoms with E-state index in [-0.39, 0.29) is 29.6 Å². The summed E-state index contributed by atoms with van der Waals surface area (Å²) in [6.07, 6.45) is -0.0788. The van der Waals surface area contributed by atoms with E-state index in [0.717, 1.165) is 0 Å². The summed E-state index contributed by atoms with van der Waals surface area (Å²) in [7, 11) is 0. The van der Waals surface area contributed by atoms with E-state index in [2.05, 4.69) is 15.9 Å². The van der Waals surface area contributed by atoms with Gasteiger partial charge in [-0.3, -0.25) is 0 Å². The first kappa shape index (κ1) is 14.9. The van der Waals surface area contributed by atoms with Gasteiger partial charge in [0.15, 0.2) is 0 Å². The summed E-state index contributed by atoms with van der Waals surface area (Å²) in [5.41, 5.74) is -0.122. The van der Waals surface area contributed by atoms with Crippen LogP contribution in [0.25, 0.3) is 0 Å². The second-order valence-electron chi connectivity index (χ2n) is 5.17. The molecule has 1 fully saturated rings. The number of ether oxygens (including phenoxy) is 1. The van der Waals surface area contributed by atoms with Crippen molar-refractivity contribution in [2.24, 2.45) is 11.8 Å². The van der Waals surface area contributed by atoms with Crippen LogP contribution in [-0.2, 0) is 4.74 Å². The molecule has 5 unspecified atom stereocenters. The zero-order chi connectivity index (χ0) is 14.3. The Labute approximate surface area is 119 Å². The molecule has 1 saturated heterocycles. The van der Waals surface area contributed by atoms with Crippen LogP contribution in [0.1, 0.15) is 31.2 Å². The van der Waals surface area contributed by atoms with Crippen molar-refractivity contribution in [3.8, 4) is 0 Å². The van der Waals surface area contributed by atoms with E-state index < -0.39 is 22.3 Å². The Hall–Kier alpha value is -0.550. The Bertz CT molecular complexity index is 457. The Kier molecular flexibility index (Phi) is 4.26. The molecule has 106 valence electrons. The fraction of sp³-hybridized carbons (Fsp3) is 0.571. The lowest BCUT2D eigenvalue weighted by molar-refractivity contribution is 0.0510. The van der Waals surface area contributed by atoms with Crippen LogP contribution >= 0.6 is 15.9 Å². The van der Waals surface area contributed by atoms with Crippen molar-refractivity contribution in [1.29, 1.82) is 0 Å².